The number of aromatic amines is 1. The lowest BCUT2D eigenvalue weighted by Gasteiger charge is -1.79. The quantitative estimate of drug-likeness (QED) is 0.676. The molecule has 0 amide bonds. The Balaban J connectivity index is 0.000000671. The Labute approximate surface area is 80.5 Å². The molecule has 0 atom stereocenters. The molecule has 1 nitrogen and oxygen atoms in total. The molecule has 1 heteroatoms. The second-order valence-electron chi connectivity index (χ2n) is 2.49. The molecule has 72 valence electrons. The predicted octanol–water partition coefficient (Wildman–Crippen LogP) is 2.12. The third-order valence-electron chi connectivity index (χ3n) is 1.73. The van der Waals surface area contributed by atoms with Crippen molar-refractivity contribution in [1.29, 1.82) is 0 Å². The van der Waals surface area contributed by atoms with Gasteiger partial charge < -0.3 is 4.98 Å². The lowest BCUT2D eigenvalue weighted by Crippen LogP contribution is -2.23. The van der Waals surface area contributed by atoms with Gasteiger partial charge >= 0.3 is 0 Å². The molecular weight excluding hydrogens is 158 g/mol. The van der Waals surface area contributed by atoms with Crippen molar-refractivity contribution in [2.24, 2.45) is 0 Å². The van der Waals surface area contributed by atoms with E-state index in [0.717, 1.165) is 5.35 Å². The zero-order chi connectivity index (χ0) is 10.3. The number of rotatable bonds is 1. The van der Waals surface area contributed by atoms with Crippen LogP contribution in [-0.4, -0.2) is 4.98 Å². The fourth-order valence-corrected chi connectivity index (χ4v) is 1.19. The highest BCUT2D eigenvalue weighted by Crippen LogP contribution is 1.79. The first-order chi connectivity index (χ1) is 6.29. The van der Waals surface area contributed by atoms with Crippen molar-refractivity contribution in [3.63, 3.8) is 0 Å². The van der Waals surface area contributed by atoms with Crippen molar-refractivity contribution in [2.75, 3.05) is 0 Å². The Hall–Kier alpha value is -1.24. The van der Waals surface area contributed by atoms with Crippen LogP contribution < -0.4 is 10.6 Å². The maximum atomic E-state index is 3.65. The summed E-state index contributed by atoms with van der Waals surface area (Å²) in [4.78, 5) is 3.17. The van der Waals surface area contributed by atoms with Crippen molar-refractivity contribution in [3.05, 3.63) is 35.0 Å². The maximum absolute atomic E-state index is 3.65. The van der Waals surface area contributed by atoms with Gasteiger partial charge in [0, 0.05) is 11.5 Å². The van der Waals surface area contributed by atoms with Gasteiger partial charge in [-0.05, 0) is 30.7 Å². The van der Waals surface area contributed by atoms with Crippen molar-refractivity contribution < 1.29 is 0 Å². The van der Waals surface area contributed by atoms with Crippen LogP contribution in [0.5, 0.6) is 0 Å². The van der Waals surface area contributed by atoms with Crippen LogP contribution >= 0.6 is 0 Å². The molecule has 0 radical (unpaired) electrons. The summed E-state index contributed by atoms with van der Waals surface area (Å²) in [6, 6.07) is 0. The summed E-state index contributed by atoms with van der Waals surface area (Å²) in [5.74, 6) is 0. The number of H-pyrrole nitrogens is 1. The fourth-order valence-electron chi connectivity index (χ4n) is 1.19. The molecule has 0 aliphatic rings. The largest absolute Gasteiger partial charge is 0.361 e. The monoisotopic (exact) mass is 177 g/mol. The van der Waals surface area contributed by atoms with Crippen LogP contribution in [0, 0.1) is 6.92 Å². The van der Waals surface area contributed by atoms with Crippen LogP contribution in [-0.2, 0) is 0 Å². The van der Waals surface area contributed by atoms with E-state index in [9.17, 15) is 0 Å². The van der Waals surface area contributed by atoms with Crippen LogP contribution in [0.25, 0.3) is 12.2 Å². The van der Waals surface area contributed by atoms with E-state index in [1.165, 1.54) is 10.8 Å². The Morgan fingerprint density at radius 2 is 2.00 bits per heavy atom. The highest BCUT2D eigenvalue weighted by atomic mass is 14.6. The fraction of sp³-hybridized carbons (Fsp3) is 0.333. The van der Waals surface area contributed by atoms with Crippen LogP contribution in [0.4, 0.5) is 0 Å². The van der Waals surface area contributed by atoms with E-state index >= 15 is 0 Å². The van der Waals surface area contributed by atoms with Crippen LogP contribution in [0.2, 0.25) is 0 Å². The standard InChI is InChI=1S/C10H13N.C2H6/c1-4-6-10-9(5-2)8(3)7-11-10;1-2/h4-7,11H,1H2,2-3H3;1-2H3/b9-5-,10-6+;. The second kappa shape index (κ2) is 6.30. The normalized spacial score (nSPS) is 12.3. The smallest absolute Gasteiger partial charge is 0.0453 e. The molecule has 1 heterocycles. The molecule has 0 unspecified atom stereocenters. The molecule has 13 heavy (non-hydrogen) atoms. The molecule has 0 aromatic carbocycles. The zero-order valence-corrected chi connectivity index (χ0v) is 9.02. The minimum Gasteiger partial charge on any atom is -0.361 e. The number of nitrogens with one attached hydrogen (secondary N) is 1. The first kappa shape index (κ1) is 11.8. The van der Waals surface area contributed by atoms with Gasteiger partial charge in [0.05, 0.1) is 0 Å². The van der Waals surface area contributed by atoms with E-state index < -0.39 is 0 Å². The van der Waals surface area contributed by atoms with E-state index in [0.29, 0.717) is 0 Å². The van der Waals surface area contributed by atoms with E-state index in [1.807, 2.05) is 33.0 Å². The Morgan fingerprint density at radius 1 is 1.38 bits per heavy atom. The molecule has 0 aliphatic heterocycles. The number of hydrogen-bond donors (Lipinski definition) is 1. The first-order valence-electron chi connectivity index (χ1n) is 4.72. The number of hydrogen-bond acceptors (Lipinski definition) is 0. The van der Waals surface area contributed by atoms with Gasteiger partial charge in [-0.1, -0.05) is 32.6 Å². The van der Waals surface area contributed by atoms with Gasteiger partial charge in [-0.25, -0.2) is 0 Å². The Kier molecular flexibility index (Phi) is 5.69. The number of allylic oxidation sites excluding steroid dienone is 1. The van der Waals surface area contributed by atoms with Gasteiger partial charge in [0.1, 0.15) is 0 Å². The third-order valence-corrected chi connectivity index (χ3v) is 1.73. The molecular formula is C12H19N. The molecule has 1 aromatic rings. The topological polar surface area (TPSA) is 15.8 Å². The Bertz CT molecular complexity index is 355. The minimum absolute atomic E-state index is 1.14. The van der Waals surface area contributed by atoms with Crippen molar-refractivity contribution in [1.82, 2.24) is 4.98 Å². The number of aryl methyl sites for hydroxylation is 1. The third kappa shape index (κ3) is 2.94. The summed E-state index contributed by atoms with van der Waals surface area (Å²) >= 11 is 0. The molecule has 0 bridgehead atoms. The summed E-state index contributed by atoms with van der Waals surface area (Å²) in [6.07, 6.45) is 7.87. The van der Waals surface area contributed by atoms with Gasteiger partial charge in [-0.2, -0.15) is 0 Å². The number of aromatic nitrogens is 1. The summed E-state index contributed by atoms with van der Waals surface area (Å²) in [5.41, 5.74) is 1.28. The van der Waals surface area contributed by atoms with Crippen LogP contribution in [0.15, 0.2) is 18.9 Å². The van der Waals surface area contributed by atoms with E-state index in [1.54, 1.807) is 6.08 Å². The summed E-state index contributed by atoms with van der Waals surface area (Å²) < 4.78 is 0. The molecule has 0 fully saturated rings. The second-order valence-corrected chi connectivity index (χ2v) is 2.49. The average molecular weight is 177 g/mol. The molecule has 1 N–H and O–H groups in total. The summed E-state index contributed by atoms with van der Waals surface area (Å²) in [5, 5.41) is 2.41. The summed E-state index contributed by atoms with van der Waals surface area (Å²) in [6.45, 7) is 11.8. The van der Waals surface area contributed by atoms with E-state index in [2.05, 4.69) is 24.6 Å². The molecule has 0 saturated carbocycles. The summed E-state index contributed by atoms with van der Waals surface area (Å²) in [7, 11) is 0. The molecule has 0 spiro atoms. The van der Waals surface area contributed by atoms with Crippen LogP contribution in [0.3, 0.4) is 0 Å². The predicted molar refractivity (Wildman–Crippen MR) is 60.9 cm³/mol. The van der Waals surface area contributed by atoms with Gasteiger partial charge in [0.2, 0.25) is 0 Å². The van der Waals surface area contributed by atoms with Crippen molar-refractivity contribution in [3.8, 4) is 0 Å². The average Bonchev–Trinajstić information content (AvgIpc) is 2.51. The van der Waals surface area contributed by atoms with Crippen molar-refractivity contribution >= 4 is 12.2 Å². The van der Waals surface area contributed by atoms with Gasteiger partial charge in [-0.15, -0.1) is 0 Å². The highest BCUT2D eigenvalue weighted by molar-refractivity contribution is 5.37. The molecule has 1 aromatic heterocycles. The first-order valence-corrected chi connectivity index (χ1v) is 4.72. The van der Waals surface area contributed by atoms with Gasteiger partial charge in [-0.3, -0.25) is 0 Å². The molecule has 0 aliphatic carbocycles. The van der Waals surface area contributed by atoms with Gasteiger partial charge in [0.25, 0.3) is 0 Å². The van der Waals surface area contributed by atoms with Gasteiger partial charge in [0.15, 0.2) is 0 Å². The zero-order valence-electron chi connectivity index (χ0n) is 9.02. The lowest BCUT2D eigenvalue weighted by molar-refractivity contribution is 1.32. The van der Waals surface area contributed by atoms with Crippen LogP contribution in [0.1, 0.15) is 26.3 Å². The SMILES string of the molecule is C=C/C=c1/[nH]cc(C)/c1=C/C.CC. The van der Waals surface area contributed by atoms with E-state index in [-0.39, 0.29) is 0 Å². The van der Waals surface area contributed by atoms with E-state index in [4.69, 9.17) is 0 Å². The maximum Gasteiger partial charge on any atom is 0.0453 e. The molecule has 0 saturated heterocycles. The highest BCUT2D eigenvalue weighted by Gasteiger charge is 1.88. The minimum atomic E-state index is 1.14. The van der Waals surface area contributed by atoms with Crippen molar-refractivity contribution in [2.45, 2.75) is 27.7 Å². The lowest BCUT2D eigenvalue weighted by atomic mass is 10.3. The molecule has 1 rings (SSSR count). The Morgan fingerprint density at radius 3 is 2.46 bits per heavy atom.